The van der Waals surface area contributed by atoms with Gasteiger partial charge < -0.3 is 15.2 Å². The van der Waals surface area contributed by atoms with Crippen molar-refractivity contribution >= 4 is 34.1 Å². The van der Waals surface area contributed by atoms with Crippen molar-refractivity contribution in [2.45, 2.75) is 19.9 Å². The van der Waals surface area contributed by atoms with E-state index < -0.39 is 5.82 Å². The summed E-state index contributed by atoms with van der Waals surface area (Å²) in [6, 6.07) is 10.6. The molecule has 0 aliphatic rings. The quantitative estimate of drug-likeness (QED) is 0.666. The zero-order chi connectivity index (χ0) is 19.6. The van der Waals surface area contributed by atoms with Crippen molar-refractivity contribution in [3.05, 3.63) is 75.4 Å². The van der Waals surface area contributed by atoms with Gasteiger partial charge in [-0.2, -0.15) is 0 Å². The lowest BCUT2D eigenvalue weighted by Gasteiger charge is -2.29. The number of hydrogen-bond donors (Lipinski definition) is 2. The van der Waals surface area contributed by atoms with Gasteiger partial charge in [0, 0.05) is 23.8 Å². The van der Waals surface area contributed by atoms with Crippen LogP contribution < -0.4 is 10.9 Å². The number of halogens is 2. The van der Waals surface area contributed by atoms with Gasteiger partial charge in [0.25, 0.3) is 5.56 Å². The fourth-order valence-corrected chi connectivity index (χ4v) is 3.29. The van der Waals surface area contributed by atoms with Crippen LogP contribution in [-0.2, 0) is 0 Å². The van der Waals surface area contributed by atoms with Crippen molar-refractivity contribution in [3.63, 3.8) is 0 Å². The maximum absolute atomic E-state index is 13.3. The highest BCUT2D eigenvalue weighted by Crippen LogP contribution is 2.27. The van der Waals surface area contributed by atoms with E-state index in [-0.39, 0.29) is 22.7 Å². The second-order valence-corrected chi connectivity index (χ2v) is 6.55. The number of nitrogens with one attached hydrogen (secondary N) is 2. The summed E-state index contributed by atoms with van der Waals surface area (Å²) in [6.45, 7) is 4.19. The predicted octanol–water partition coefficient (Wildman–Crippen LogP) is 4.94. The van der Waals surface area contributed by atoms with E-state index in [0.29, 0.717) is 17.6 Å². The molecule has 0 radical (unpaired) electrons. The fourth-order valence-electron chi connectivity index (χ4n) is 3.11. The van der Waals surface area contributed by atoms with Gasteiger partial charge in [-0.05, 0) is 49.1 Å². The van der Waals surface area contributed by atoms with Crippen LogP contribution in [0.25, 0.3) is 10.8 Å². The normalized spacial score (nSPS) is 12.0. The van der Waals surface area contributed by atoms with Gasteiger partial charge in [0.1, 0.15) is 5.82 Å². The van der Waals surface area contributed by atoms with Crippen LogP contribution in [0.1, 0.15) is 25.5 Å². The highest BCUT2D eigenvalue weighted by atomic mass is 35.5. The number of aromatic nitrogens is 1. The van der Waals surface area contributed by atoms with Gasteiger partial charge in [0.15, 0.2) is 0 Å². The minimum absolute atomic E-state index is 0.0597. The predicted molar refractivity (Wildman–Crippen MR) is 106 cm³/mol. The number of carbonyl (C=O) groups is 1. The molecule has 0 aliphatic heterocycles. The lowest BCUT2D eigenvalue weighted by atomic mass is 10.0. The summed E-state index contributed by atoms with van der Waals surface area (Å²) in [5, 5.41) is 4.04. The molecule has 2 aromatic carbocycles. The number of anilines is 1. The van der Waals surface area contributed by atoms with Crippen molar-refractivity contribution in [1.82, 2.24) is 9.88 Å². The number of urea groups is 1. The van der Waals surface area contributed by atoms with E-state index in [0.717, 1.165) is 10.9 Å². The van der Waals surface area contributed by atoms with Crippen molar-refractivity contribution in [3.8, 4) is 0 Å². The van der Waals surface area contributed by atoms with Crippen molar-refractivity contribution < 1.29 is 9.18 Å². The van der Waals surface area contributed by atoms with Crippen LogP contribution in [0.3, 0.4) is 0 Å². The number of nitrogens with zero attached hydrogens (tertiary/aromatic N) is 1. The molecular weight excluding hydrogens is 369 g/mol. The van der Waals surface area contributed by atoms with E-state index in [2.05, 4.69) is 10.3 Å². The lowest BCUT2D eigenvalue weighted by Crippen LogP contribution is -2.37. The number of carbonyl (C=O) groups excluding carboxylic acids is 1. The third-order valence-corrected chi connectivity index (χ3v) is 4.82. The molecule has 2 amide bonds. The molecule has 3 aromatic rings. The minimum atomic E-state index is -0.546. The molecule has 0 saturated heterocycles. The maximum atomic E-state index is 13.3. The molecule has 7 heteroatoms. The Morgan fingerprint density at radius 2 is 1.96 bits per heavy atom. The van der Waals surface area contributed by atoms with Crippen LogP contribution in [0, 0.1) is 5.82 Å². The molecule has 0 bridgehead atoms. The number of hydrogen-bond acceptors (Lipinski definition) is 2. The first-order chi connectivity index (χ1) is 12.9. The zero-order valence-corrected chi connectivity index (χ0v) is 15.7. The van der Waals surface area contributed by atoms with Crippen LogP contribution >= 0.6 is 11.6 Å². The Morgan fingerprint density at radius 1 is 1.26 bits per heavy atom. The van der Waals surface area contributed by atoms with E-state index >= 15 is 0 Å². The van der Waals surface area contributed by atoms with Crippen LogP contribution in [0.4, 0.5) is 14.9 Å². The third-order valence-electron chi connectivity index (χ3n) is 4.53. The molecule has 0 fully saturated rings. The van der Waals surface area contributed by atoms with Gasteiger partial charge in [0.05, 0.1) is 11.1 Å². The molecule has 0 spiro atoms. The molecule has 27 heavy (non-hydrogen) atoms. The standard InChI is InChI=1S/C20H19ClFN3O2/c1-3-25(20(27)24-13-8-9-18(22)17(21)10-13)12(2)16-11-23-19(26)15-7-5-4-6-14(15)16/h4-12H,3H2,1-2H3,(H,23,26)(H,24,27)/t12-/m1/s1. The summed E-state index contributed by atoms with van der Waals surface area (Å²) < 4.78 is 13.3. The SMILES string of the molecule is CCN(C(=O)Nc1ccc(F)c(Cl)c1)[C@H](C)c1c[nH]c(=O)c2ccccc12. The van der Waals surface area contributed by atoms with Crippen LogP contribution in [0.2, 0.25) is 5.02 Å². The largest absolute Gasteiger partial charge is 0.328 e. The van der Waals surface area contributed by atoms with Gasteiger partial charge >= 0.3 is 6.03 Å². The number of H-pyrrole nitrogens is 1. The lowest BCUT2D eigenvalue weighted by molar-refractivity contribution is 0.197. The smallest absolute Gasteiger partial charge is 0.322 e. The molecular formula is C20H19ClFN3O2. The molecule has 1 heterocycles. The Balaban J connectivity index is 1.91. The Morgan fingerprint density at radius 3 is 2.63 bits per heavy atom. The maximum Gasteiger partial charge on any atom is 0.322 e. The number of pyridine rings is 1. The number of fused-ring (bicyclic) bond motifs is 1. The van der Waals surface area contributed by atoms with Crippen LogP contribution in [-0.4, -0.2) is 22.5 Å². The first-order valence-corrected chi connectivity index (χ1v) is 8.93. The summed E-state index contributed by atoms with van der Waals surface area (Å²) in [5.74, 6) is -0.546. The minimum Gasteiger partial charge on any atom is -0.328 e. The molecule has 1 atom stereocenters. The molecule has 3 rings (SSSR count). The molecule has 1 aromatic heterocycles. The fraction of sp³-hybridized carbons (Fsp3) is 0.200. The van der Waals surface area contributed by atoms with E-state index in [1.54, 1.807) is 23.2 Å². The monoisotopic (exact) mass is 387 g/mol. The van der Waals surface area contributed by atoms with Crippen LogP contribution in [0.5, 0.6) is 0 Å². The Hall–Kier alpha value is -2.86. The van der Waals surface area contributed by atoms with Gasteiger partial charge in [0.2, 0.25) is 0 Å². The summed E-state index contributed by atoms with van der Waals surface area (Å²) in [7, 11) is 0. The van der Waals surface area contributed by atoms with Crippen molar-refractivity contribution in [2.75, 3.05) is 11.9 Å². The van der Waals surface area contributed by atoms with E-state index in [4.69, 9.17) is 11.6 Å². The molecule has 5 nitrogen and oxygen atoms in total. The molecule has 140 valence electrons. The summed E-state index contributed by atoms with van der Waals surface area (Å²) in [6.07, 6.45) is 1.64. The summed E-state index contributed by atoms with van der Waals surface area (Å²) >= 11 is 5.78. The Labute approximate surface area is 160 Å². The number of aromatic amines is 1. The zero-order valence-electron chi connectivity index (χ0n) is 14.9. The summed E-state index contributed by atoms with van der Waals surface area (Å²) in [5.41, 5.74) is 1.07. The average molecular weight is 388 g/mol. The number of rotatable bonds is 4. The van der Waals surface area contributed by atoms with Gasteiger partial charge in [-0.1, -0.05) is 29.8 Å². The first kappa shape index (κ1) is 18.9. The van der Waals surface area contributed by atoms with Gasteiger partial charge in [-0.3, -0.25) is 4.79 Å². The van der Waals surface area contributed by atoms with E-state index in [9.17, 15) is 14.0 Å². The Bertz CT molecular complexity index is 1050. The van der Waals surface area contributed by atoms with Crippen LogP contribution in [0.15, 0.2) is 53.5 Å². The third kappa shape index (κ3) is 3.80. The van der Waals surface area contributed by atoms with Gasteiger partial charge in [-0.25, -0.2) is 9.18 Å². The topological polar surface area (TPSA) is 65.2 Å². The molecule has 2 N–H and O–H groups in total. The highest BCUT2D eigenvalue weighted by Gasteiger charge is 2.22. The second kappa shape index (κ2) is 7.80. The molecule has 0 unspecified atom stereocenters. The number of benzene rings is 2. The van der Waals surface area contributed by atoms with Crippen molar-refractivity contribution in [1.29, 1.82) is 0 Å². The average Bonchev–Trinajstić information content (AvgIpc) is 2.66. The number of amides is 2. The first-order valence-electron chi connectivity index (χ1n) is 8.55. The molecule has 0 aliphatic carbocycles. The highest BCUT2D eigenvalue weighted by molar-refractivity contribution is 6.31. The second-order valence-electron chi connectivity index (χ2n) is 6.14. The molecule has 0 saturated carbocycles. The summed E-state index contributed by atoms with van der Waals surface area (Å²) in [4.78, 5) is 29.2. The van der Waals surface area contributed by atoms with E-state index in [1.807, 2.05) is 26.0 Å². The van der Waals surface area contributed by atoms with Gasteiger partial charge in [-0.15, -0.1) is 0 Å². The Kier molecular flexibility index (Phi) is 5.46. The van der Waals surface area contributed by atoms with E-state index in [1.165, 1.54) is 18.2 Å². The van der Waals surface area contributed by atoms with Crippen molar-refractivity contribution in [2.24, 2.45) is 0 Å².